The SMILES string of the molecule is c1ccc(N(c2ccccc2)c2ccc(-c3c4nonc4c(-c4ccc(N(c5ccccc5)c5ccccc5)cc4)c4nc5ccccc5nc34)cc2)cc1. The standard InChI is InChI=1S/C48H32N6O/c1-5-15-35(16-6-1)53(36-17-7-2-8-18-36)39-29-25-33(26-30-39)43-45-46(50-42-24-14-13-23-41(42)49-45)44(48-47(43)51-55-52-48)34-27-31-40(32-28-34)54(37-19-9-3-10-20-37)38-21-11-4-12-22-38/h1-32H. The normalized spacial score (nSPS) is 11.3. The number of hydrogen-bond acceptors (Lipinski definition) is 7. The fraction of sp³-hybridized carbons (Fsp3) is 0. The van der Waals surface area contributed by atoms with Crippen molar-refractivity contribution in [2.45, 2.75) is 0 Å². The number of benzene rings is 8. The van der Waals surface area contributed by atoms with Crippen LogP contribution in [0.15, 0.2) is 199 Å². The third-order valence-corrected chi connectivity index (χ3v) is 9.89. The summed E-state index contributed by atoms with van der Waals surface area (Å²) in [5, 5.41) is 9.03. The summed E-state index contributed by atoms with van der Waals surface area (Å²) in [6, 6.07) is 66.5. The highest BCUT2D eigenvalue weighted by Crippen LogP contribution is 2.44. The van der Waals surface area contributed by atoms with Gasteiger partial charge in [0.15, 0.2) is 0 Å². The maximum absolute atomic E-state index is 5.54. The third-order valence-electron chi connectivity index (χ3n) is 9.89. The Kier molecular flexibility index (Phi) is 8.00. The zero-order valence-electron chi connectivity index (χ0n) is 29.6. The molecule has 0 unspecified atom stereocenters. The van der Waals surface area contributed by atoms with Gasteiger partial charge in [0.2, 0.25) is 0 Å². The second-order valence-electron chi connectivity index (χ2n) is 13.2. The van der Waals surface area contributed by atoms with E-state index in [0.717, 1.165) is 78.4 Å². The molecule has 7 nitrogen and oxygen atoms in total. The summed E-state index contributed by atoms with van der Waals surface area (Å²) in [5.41, 5.74) is 14.1. The summed E-state index contributed by atoms with van der Waals surface area (Å²) in [7, 11) is 0. The Hall–Kier alpha value is -7.64. The molecule has 55 heavy (non-hydrogen) atoms. The molecule has 0 saturated heterocycles. The van der Waals surface area contributed by atoms with Crippen LogP contribution in [0.25, 0.3) is 55.4 Å². The van der Waals surface area contributed by atoms with Crippen molar-refractivity contribution in [2.75, 3.05) is 9.80 Å². The molecular formula is C48H32N6O. The molecule has 8 aromatic carbocycles. The van der Waals surface area contributed by atoms with E-state index >= 15 is 0 Å². The molecule has 0 fully saturated rings. The van der Waals surface area contributed by atoms with Crippen LogP contribution >= 0.6 is 0 Å². The molecule has 0 saturated carbocycles. The molecule has 2 heterocycles. The van der Waals surface area contributed by atoms with Crippen molar-refractivity contribution in [1.82, 2.24) is 20.3 Å². The van der Waals surface area contributed by atoms with E-state index in [1.165, 1.54) is 0 Å². The summed E-state index contributed by atoms with van der Waals surface area (Å²) in [6.45, 7) is 0. The van der Waals surface area contributed by atoms with Crippen molar-refractivity contribution in [2.24, 2.45) is 0 Å². The lowest BCUT2D eigenvalue weighted by Crippen LogP contribution is -2.09. The van der Waals surface area contributed by atoms with E-state index in [0.29, 0.717) is 11.0 Å². The van der Waals surface area contributed by atoms with Crippen LogP contribution in [0.1, 0.15) is 0 Å². The molecule has 0 radical (unpaired) electrons. The zero-order valence-corrected chi connectivity index (χ0v) is 29.6. The van der Waals surface area contributed by atoms with Gasteiger partial charge >= 0.3 is 0 Å². The van der Waals surface area contributed by atoms with Gasteiger partial charge in [-0.25, -0.2) is 14.6 Å². The van der Waals surface area contributed by atoms with Crippen LogP contribution in [0.5, 0.6) is 0 Å². The number of para-hydroxylation sites is 6. The van der Waals surface area contributed by atoms with Gasteiger partial charge < -0.3 is 9.80 Å². The monoisotopic (exact) mass is 708 g/mol. The molecule has 0 aliphatic carbocycles. The van der Waals surface area contributed by atoms with Gasteiger partial charge in [0, 0.05) is 45.3 Å². The minimum absolute atomic E-state index is 0.627. The second kappa shape index (κ2) is 13.7. The van der Waals surface area contributed by atoms with E-state index < -0.39 is 0 Å². The van der Waals surface area contributed by atoms with Crippen molar-refractivity contribution in [3.8, 4) is 22.3 Å². The van der Waals surface area contributed by atoms with E-state index in [-0.39, 0.29) is 0 Å². The van der Waals surface area contributed by atoms with E-state index in [1.807, 2.05) is 48.5 Å². The topological polar surface area (TPSA) is 71.2 Å². The number of anilines is 6. The predicted octanol–water partition coefficient (Wildman–Crippen LogP) is 12.6. The summed E-state index contributed by atoms with van der Waals surface area (Å²) in [5.74, 6) is 0. The molecule has 0 atom stereocenters. The zero-order chi connectivity index (χ0) is 36.6. The summed E-state index contributed by atoms with van der Waals surface area (Å²) in [4.78, 5) is 15.0. The number of aromatic nitrogens is 4. The third kappa shape index (κ3) is 5.81. The van der Waals surface area contributed by atoms with Crippen molar-refractivity contribution in [1.29, 1.82) is 0 Å². The maximum atomic E-state index is 5.54. The van der Waals surface area contributed by atoms with Crippen LogP contribution in [-0.4, -0.2) is 20.3 Å². The average molecular weight is 709 g/mol. The van der Waals surface area contributed by atoms with Crippen LogP contribution in [-0.2, 0) is 0 Å². The summed E-state index contributed by atoms with van der Waals surface area (Å²) in [6.07, 6.45) is 0. The Bertz CT molecular complexity index is 2620. The van der Waals surface area contributed by atoms with Crippen LogP contribution < -0.4 is 9.80 Å². The van der Waals surface area contributed by atoms with Gasteiger partial charge in [0.1, 0.15) is 22.1 Å². The minimum atomic E-state index is 0.627. The summed E-state index contributed by atoms with van der Waals surface area (Å²) >= 11 is 0. The second-order valence-corrected chi connectivity index (χ2v) is 13.2. The Labute approximate surface area is 317 Å². The Morgan fingerprint density at radius 2 is 0.582 bits per heavy atom. The minimum Gasteiger partial charge on any atom is -0.311 e. The molecule has 2 aromatic heterocycles. The van der Waals surface area contributed by atoms with Crippen molar-refractivity contribution >= 4 is 67.2 Å². The van der Waals surface area contributed by atoms with Gasteiger partial charge in [0.05, 0.1) is 11.0 Å². The molecule has 0 spiro atoms. The first kappa shape index (κ1) is 32.0. The predicted molar refractivity (Wildman–Crippen MR) is 223 cm³/mol. The maximum Gasteiger partial charge on any atom is 0.146 e. The van der Waals surface area contributed by atoms with E-state index in [1.54, 1.807) is 0 Å². The van der Waals surface area contributed by atoms with E-state index in [4.69, 9.17) is 14.6 Å². The fourth-order valence-electron chi connectivity index (χ4n) is 7.39. The first-order valence-electron chi connectivity index (χ1n) is 18.2. The highest BCUT2D eigenvalue weighted by atomic mass is 16.6. The highest BCUT2D eigenvalue weighted by molar-refractivity contribution is 6.17. The molecule has 7 heteroatoms. The van der Waals surface area contributed by atoms with Crippen LogP contribution in [0.4, 0.5) is 34.1 Å². The lowest BCUT2D eigenvalue weighted by atomic mass is 9.94. The quantitative estimate of drug-likeness (QED) is 0.146. The van der Waals surface area contributed by atoms with E-state index in [2.05, 4.69) is 166 Å². The Morgan fingerprint density at radius 1 is 0.291 bits per heavy atom. The molecule has 0 bridgehead atoms. The van der Waals surface area contributed by atoms with Gasteiger partial charge in [0.25, 0.3) is 0 Å². The van der Waals surface area contributed by atoms with Crippen molar-refractivity contribution in [3.05, 3.63) is 194 Å². The van der Waals surface area contributed by atoms with Gasteiger partial charge in [-0.2, -0.15) is 0 Å². The van der Waals surface area contributed by atoms with Gasteiger partial charge in [-0.1, -0.05) is 109 Å². The molecule has 0 aliphatic rings. The first-order chi connectivity index (χ1) is 27.3. The molecule has 10 aromatic rings. The number of hydrogen-bond donors (Lipinski definition) is 0. The van der Waals surface area contributed by atoms with Crippen LogP contribution in [0.2, 0.25) is 0 Å². The van der Waals surface area contributed by atoms with Crippen LogP contribution in [0.3, 0.4) is 0 Å². The molecule has 10 rings (SSSR count). The first-order valence-corrected chi connectivity index (χ1v) is 18.2. The fourth-order valence-corrected chi connectivity index (χ4v) is 7.39. The number of rotatable bonds is 8. The lowest BCUT2D eigenvalue weighted by Gasteiger charge is -2.25. The van der Waals surface area contributed by atoms with E-state index in [9.17, 15) is 0 Å². The van der Waals surface area contributed by atoms with Gasteiger partial charge in [-0.3, -0.25) is 0 Å². The van der Waals surface area contributed by atoms with Gasteiger partial charge in [-0.15, -0.1) is 0 Å². The van der Waals surface area contributed by atoms with Crippen molar-refractivity contribution < 1.29 is 4.63 Å². The molecular weight excluding hydrogens is 677 g/mol. The molecule has 0 amide bonds. The smallest absolute Gasteiger partial charge is 0.146 e. The number of fused-ring (bicyclic) bond motifs is 3. The highest BCUT2D eigenvalue weighted by Gasteiger charge is 2.24. The average Bonchev–Trinajstić information content (AvgIpc) is 3.74. The molecule has 0 aliphatic heterocycles. The largest absolute Gasteiger partial charge is 0.311 e. The number of nitrogens with zero attached hydrogens (tertiary/aromatic N) is 6. The van der Waals surface area contributed by atoms with Crippen molar-refractivity contribution in [3.63, 3.8) is 0 Å². The Balaban J connectivity index is 1.13. The molecule has 260 valence electrons. The van der Waals surface area contributed by atoms with Gasteiger partial charge in [-0.05, 0) is 106 Å². The molecule has 0 N–H and O–H groups in total. The summed E-state index contributed by atoms with van der Waals surface area (Å²) < 4.78 is 5.54. The Morgan fingerprint density at radius 3 is 0.909 bits per heavy atom. The lowest BCUT2D eigenvalue weighted by molar-refractivity contribution is 0.315. The van der Waals surface area contributed by atoms with Crippen LogP contribution in [0, 0.1) is 0 Å².